The van der Waals surface area contributed by atoms with Gasteiger partial charge in [0.25, 0.3) is 0 Å². The Labute approximate surface area is 88.9 Å². The molecule has 0 aliphatic heterocycles. The average molecular weight is 214 g/mol. The van der Waals surface area contributed by atoms with Crippen LogP contribution < -0.4 is 16.4 Å². The topological polar surface area (TPSA) is 99.7 Å². The molecule has 0 aromatic rings. The van der Waals surface area contributed by atoms with Crippen molar-refractivity contribution in [2.75, 3.05) is 0 Å². The minimum Gasteiger partial charge on any atom is -0.409 e. The van der Waals surface area contributed by atoms with Gasteiger partial charge in [0.2, 0.25) is 0 Å². The van der Waals surface area contributed by atoms with Crippen molar-refractivity contribution < 1.29 is 10.0 Å². The first-order chi connectivity index (χ1) is 6.95. The van der Waals surface area contributed by atoms with Crippen LogP contribution in [0, 0.1) is 0 Å². The lowest BCUT2D eigenvalue weighted by molar-refractivity contribution is 0.222. The second kappa shape index (κ2) is 4.37. The van der Waals surface area contributed by atoms with E-state index in [9.17, 15) is 4.79 Å². The molecular formula is C9H18N4O2. The van der Waals surface area contributed by atoms with Crippen molar-refractivity contribution in [1.82, 2.24) is 10.6 Å². The third-order valence-corrected chi connectivity index (χ3v) is 2.61. The predicted molar refractivity (Wildman–Crippen MR) is 56.8 cm³/mol. The lowest BCUT2D eigenvalue weighted by Gasteiger charge is -2.30. The number of carbonyl (C=O) groups is 1. The van der Waals surface area contributed by atoms with Crippen molar-refractivity contribution in [3.8, 4) is 0 Å². The van der Waals surface area contributed by atoms with E-state index in [-0.39, 0.29) is 17.9 Å². The van der Waals surface area contributed by atoms with Gasteiger partial charge in [-0.1, -0.05) is 5.16 Å². The minimum atomic E-state index is -0.845. The molecular weight excluding hydrogens is 196 g/mol. The Bertz CT molecular complexity index is 271. The van der Waals surface area contributed by atoms with Gasteiger partial charge in [-0.2, -0.15) is 0 Å². The summed E-state index contributed by atoms with van der Waals surface area (Å²) in [5, 5.41) is 16.8. The lowest BCUT2D eigenvalue weighted by Crippen LogP contribution is -2.57. The van der Waals surface area contributed by atoms with Gasteiger partial charge < -0.3 is 21.6 Å². The van der Waals surface area contributed by atoms with E-state index in [1.807, 2.05) is 0 Å². The SMILES string of the molecule is CC(C)(NC(=O)NC1CCC1)C(N)=NO. The molecule has 0 aromatic heterocycles. The highest BCUT2D eigenvalue weighted by Gasteiger charge is 2.27. The summed E-state index contributed by atoms with van der Waals surface area (Å²) in [7, 11) is 0. The number of urea groups is 1. The Hall–Kier alpha value is -1.46. The van der Waals surface area contributed by atoms with E-state index in [1.54, 1.807) is 13.8 Å². The van der Waals surface area contributed by atoms with Crippen molar-refractivity contribution in [1.29, 1.82) is 0 Å². The predicted octanol–water partition coefficient (Wildman–Crippen LogP) is 0.363. The molecule has 15 heavy (non-hydrogen) atoms. The molecule has 1 rings (SSSR count). The molecule has 1 aliphatic carbocycles. The van der Waals surface area contributed by atoms with Gasteiger partial charge in [-0.15, -0.1) is 0 Å². The number of carbonyl (C=O) groups excluding carboxylic acids is 1. The molecule has 0 unspecified atom stereocenters. The van der Waals surface area contributed by atoms with E-state index < -0.39 is 5.54 Å². The molecule has 0 radical (unpaired) electrons. The van der Waals surface area contributed by atoms with E-state index in [2.05, 4.69) is 15.8 Å². The van der Waals surface area contributed by atoms with Gasteiger partial charge >= 0.3 is 6.03 Å². The summed E-state index contributed by atoms with van der Waals surface area (Å²) in [6.07, 6.45) is 3.21. The fraction of sp³-hybridized carbons (Fsp3) is 0.778. The van der Waals surface area contributed by atoms with Gasteiger partial charge in [-0.05, 0) is 33.1 Å². The molecule has 6 nitrogen and oxygen atoms in total. The zero-order chi connectivity index (χ0) is 11.5. The van der Waals surface area contributed by atoms with Crippen LogP contribution >= 0.6 is 0 Å². The van der Waals surface area contributed by atoms with Gasteiger partial charge in [0.1, 0.15) is 0 Å². The summed E-state index contributed by atoms with van der Waals surface area (Å²) in [6, 6.07) is -0.00982. The lowest BCUT2D eigenvalue weighted by atomic mass is 9.93. The number of nitrogens with one attached hydrogen (secondary N) is 2. The van der Waals surface area contributed by atoms with Gasteiger partial charge in [-0.25, -0.2) is 4.79 Å². The summed E-state index contributed by atoms with van der Waals surface area (Å²) in [5.74, 6) is -0.0220. The molecule has 6 heteroatoms. The van der Waals surface area contributed by atoms with Crippen LogP contribution in [0.25, 0.3) is 0 Å². The van der Waals surface area contributed by atoms with Gasteiger partial charge in [-0.3, -0.25) is 0 Å². The molecule has 2 amide bonds. The average Bonchev–Trinajstić information content (AvgIpc) is 2.09. The number of hydrogen-bond donors (Lipinski definition) is 4. The van der Waals surface area contributed by atoms with Gasteiger partial charge in [0.15, 0.2) is 5.84 Å². The molecule has 0 atom stereocenters. The van der Waals surface area contributed by atoms with Crippen LogP contribution in [0.15, 0.2) is 5.16 Å². The largest absolute Gasteiger partial charge is 0.409 e. The number of amidine groups is 1. The molecule has 0 heterocycles. The summed E-state index contributed by atoms with van der Waals surface area (Å²) in [4.78, 5) is 11.5. The van der Waals surface area contributed by atoms with E-state index >= 15 is 0 Å². The Morgan fingerprint density at radius 3 is 2.53 bits per heavy atom. The maximum absolute atomic E-state index is 11.5. The van der Waals surface area contributed by atoms with Crippen LogP contribution in [-0.2, 0) is 0 Å². The summed E-state index contributed by atoms with van der Waals surface area (Å²) in [5.41, 5.74) is 4.59. The van der Waals surface area contributed by atoms with Crippen LogP contribution in [0.3, 0.4) is 0 Å². The first-order valence-corrected chi connectivity index (χ1v) is 5.02. The molecule has 1 saturated carbocycles. The number of hydrogen-bond acceptors (Lipinski definition) is 3. The van der Waals surface area contributed by atoms with Crippen molar-refractivity contribution in [3.05, 3.63) is 0 Å². The molecule has 0 aromatic carbocycles. The molecule has 0 spiro atoms. The molecule has 0 saturated heterocycles. The smallest absolute Gasteiger partial charge is 0.315 e. The van der Waals surface area contributed by atoms with Crippen molar-refractivity contribution in [3.63, 3.8) is 0 Å². The molecule has 86 valence electrons. The molecule has 1 fully saturated rings. The molecule has 1 aliphatic rings. The van der Waals surface area contributed by atoms with E-state index in [0.717, 1.165) is 19.3 Å². The normalized spacial score (nSPS) is 18.1. The first-order valence-electron chi connectivity index (χ1n) is 5.02. The maximum Gasteiger partial charge on any atom is 0.315 e. The number of oxime groups is 1. The fourth-order valence-electron chi connectivity index (χ4n) is 1.25. The standard InChI is InChI=1S/C9H18N4O2/c1-9(2,7(10)13-15)12-8(14)11-6-4-3-5-6/h6,15H,3-5H2,1-2H3,(H2,10,13)(H2,11,12,14). The Kier molecular flexibility index (Phi) is 3.39. The highest BCUT2D eigenvalue weighted by molar-refractivity contribution is 5.92. The highest BCUT2D eigenvalue weighted by Crippen LogP contribution is 2.17. The van der Waals surface area contributed by atoms with Gasteiger partial charge in [0.05, 0.1) is 5.54 Å². The summed E-state index contributed by atoms with van der Waals surface area (Å²) < 4.78 is 0. The van der Waals surface area contributed by atoms with E-state index in [0.29, 0.717) is 0 Å². The quantitative estimate of drug-likeness (QED) is 0.236. The zero-order valence-electron chi connectivity index (χ0n) is 9.08. The third-order valence-electron chi connectivity index (χ3n) is 2.61. The first kappa shape index (κ1) is 11.6. The zero-order valence-corrected chi connectivity index (χ0v) is 9.08. The summed E-state index contributed by atoms with van der Waals surface area (Å²) in [6.45, 7) is 3.34. The number of amides is 2. The Balaban J connectivity index is 2.41. The number of rotatable bonds is 3. The van der Waals surface area contributed by atoms with E-state index in [1.165, 1.54) is 0 Å². The van der Waals surface area contributed by atoms with Crippen molar-refractivity contribution >= 4 is 11.9 Å². The Morgan fingerprint density at radius 2 is 2.13 bits per heavy atom. The van der Waals surface area contributed by atoms with Crippen LogP contribution in [-0.4, -0.2) is 28.7 Å². The second-order valence-electron chi connectivity index (χ2n) is 4.34. The van der Waals surface area contributed by atoms with Crippen LogP contribution in [0.4, 0.5) is 4.79 Å². The monoisotopic (exact) mass is 214 g/mol. The second-order valence-corrected chi connectivity index (χ2v) is 4.34. The fourth-order valence-corrected chi connectivity index (χ4v) is 1.25. The van der Waals surface area contributed by atoms with Crippen molar-refractivity contribution in [2.24, 2.45) is 10.9 Å². The van der Waals surface area contributed by atoms with Crippen LogP contribution in [0.2, 0.25) is 0 Å². The Morgan fingerprint density at radius 1 is 1.53 bits per heavy atom. The molecule has 0 bridgehead atoms. The number of nitrogens with zero attached hydrogens (tertiary/aromatic N) is 1. The van der Waals surface area contributed by atoms with Crippen molar-refractivity contribution in [2.45, 2.75) is 44.7 Å². The summed E-state index contributed by atoms with van der Waals surface area (Å²) >= 11 is 0. The number of nitrogens with two attached hydrogens (primary N) is 1. The van der Waals surface area contributed by atoms with Gasteiger partial charge in [0, 0.05) is 6.04 Å². The maximum atomic E-state index is 11.5. The van der Waals surface area contributed by atoms with Crippen LogP contribution in [0.5, 0.6) is 0 Å². The van der Waals surface area contributed by atoms with Crippen LogP contribution in [0.1, 0.15) is 33.1 Å². The highest BCUT2D eigenvalue weighted by atomic mass is 16.4. The molecule has 5 N–H and O–H groups in total. The van der Waals surface area contributed by atoms with E-state index in [4.69, 9.17) is 10.9 Å². The minimum absolute atomic E-state index is 0.0220. The third kappa shape index (κ3) is 3.00.